The van der Waals surface area contributed by atoms with Crippen LogP contribution in [0, 0.1) is 0 Å². The molecule has 4 heteroatoms. The Kier molecular flexibility index (Phi) is 5.59. The normalized spacial score (nSPS) is 14.4. The molecule has 0 bridgehead atoms. The Hall–Kier alpha value is -2.49. The lowest BCUT2D eigenvalue weighted by Gasteiger charge is -2.28. The van der Waals surface area contributed by atoms with Crippen molar-refractivity contribution in [2.24, 2.45) is 0 Å². The van der Waals surface area contributed by atoms with E-state index in [4.69, 9.17) is 4.74 Å². The lowest BCUT2D eigenvalue weighted by Crippen LogP contribution is -2.29. The minimum Gasteiger partial charge on any atom is -0.489 e. The van der Waals surface area contributed by atoms with Crippen LogP contribution in [0.3, 0.4) is 0 Å². The molecule has 0 unspecified atom stereocenters. The van der Waals surface area contributed by atoms with Crippen LogP contribution in [0.25, 0.3) is 0 Å². The molecule has 132 valence electrons. The van der Waals surface area contributed by atoms with E-state index in [0.717, 1.165) is 13.1 Å². The SMILES string of the molecule is CC(C)Oc1ccccc1NC(=O)c1ccc(N2CCCCC2)cc1. The van der Waals surface area contributed by atoms with Gasteiger partial charge in [-0.1, -0.05) is 12.1 Å². The number of para-hydroxylation sites is 2. The van der Waals surface area contributed by atoms with E-state index in [-0.39, 0.29) is 12.0 Å². The van der Waals surface area contributed by atoms with E-state index < -0.39 is 0 Å². The number of ether oxygens (including phenoxy) is 1. The molecule has 1 saturated heterocycles. The van der Waals surface area contributed by atoms with Crippen LogP contribution in [-0.4, -0.2) is 25.1 Å². The van der Waals surface area contributed by atoms with E-state index in [1.807, 2.05) is 62.4 Å². The molecule has 1 fully saturated rings. The highest BCUT2D eigenvalue weighted by molar-refractivity contribution is 6.05. The number of amides is 1. The van der Waals surface area contributed by atoms with Crippen molar-refractivity contribution in [3.63, 3.8) is 0 Å². The smallest absolute Gasteiger partial charge is 0.255 e. The Bertz CT molecular complexity index is 704. The second kappa shape index (κ2) is 8.06. The molecule has 0 saturated carbocycles. The molecule has 3 rings (SSSR count). The molecular weight excluding hydrogens is 312 g/mol. The third kappa shape index (κ3) is 4.53. The zero-order valence-corrected chi connectivity index (χ0v) is 15.0. The summed E-state index contributed by atoms with van der Waals surface area (Å²) < 4.78 is 5.76. The average Bonchev–Trinajstić information content (AvgIpc) is 2.64. The molecule has 0 atom stereocenters. The van der Waals surface area contributed by atoms with Crippen LogP contribution in [0.4, 0.5) is 11.4 Å². The van der Waals surface area contributed by atoms with Crippen LogP contribution in [0.15, 0.2) is 48.5 Å². The summed E-state index contributed by atoms with van der Waals surface area (Å²) in [5.41, 5.74) is 2.54. The molecule has 0 aliphatic carbocycles. The molecular formula is C21H26N2O2. The third-order valence-electron chi connectivity index (χ3n) is 4.35. The van der Waals surface area contributed by atoms with Crippen LogP contribution in [0.1, 0.15) is 43.5 Å². The number of hydrogen-bond donors (Lipinski definition) is 1. The summed E-state index contributed by atoms with van der Waals surface area (Å²) in [6, 6.07) is 15.4. The quantitative estimate of drug-likeness (QED) is 0.858. The highest BCUT2D eigenvalue weighted by Gasteiger charge is 2.13. The van der Waals surface area contributed by atoms with Crippen molar-refractivity contribution in [1.29, 1.82) is 0 Å². The van der Waals surface area contributed by atoms with Gasteiger partial charge in [-0.15, -0.1) is 0 Å². The van der Waals surface area contributed by atoms with E-state index in [0.29, 0.717) is 17.0 Å². The molecule has 0 aromatic heterocycles. The summed E-state index contributed by atoms with van der Waals surface area (Å²) in [5.74, 6) is 0.570. The number of carbonyl (C=O) groups is 1. The first kappa shape index (κ1) is 17.3. The first-order valence-electron chi connectivity index (χ1n) is 9.05. The van der Waals surface area contributed by atoms with E-state index in [9.17, 15) is 4.79 Å². The number of piperidine rings is 1. The second-order valence-corrected chi connectivity index (χ2v) is 6.71. The minimum absolute atomic E-state index is 0.0573. The van der Waals surface area contributed by atoms with Gasteiger partial charge >= 0.3 is 0 Å². The summed E-state index contributed by atoms with van der Waals surface area (Å²) in [5, 5.41) is 2.95. The Labute approximate surface area is 149 Å². The van der Waals surface area contributed by atoms with Gasteiger partial charge in [0.25, 0.3) is 5.91 Å². The van der Waals surface area contributed by atoms with Crippen LogP contribution in [-0.2, 0) is 0 Å². The molecule has 1 heterocycles. The number of benzene rings is 2. The summed E-state index contributed by atoms with van der Waals surface area (Å²) in [6.07, 6.45) is 3.86. The van der Waals surface area contributed by atoms with Gasteiger partial charge in [-0.05, 0) is 69.5 Å². The second-order valence-electron chi connectivity index (χ2n) is 6.71. The Morgan fingerprint density at radius 1 is 1.00 bits per heavy atom. The molecule has 1 aliphatic heterocycles. The predicted octanol–water partition coefficient (Wildman–Crippen LogP) is 4.72. The standard InChI is InChI=1S/C21H26N2O2/c1-16(2)25-20-9-5-4-8-19(20)22-21(24)17-10-12-18(13-11-17)23-14-6-3-7-15-23/h4-5,8-13,16H,3,6-7,14-15H2,1-2H3,(H,22,24). The maximum absolute atomic E-state index is 12.6. The molecule has 0 spiro atoms. The van der Waals surface area contributed by atoms with Gasteiger partial charge in [0, 0.05) is 24.3 Å². The number of hydrogen-bond acceptors (Lipinski definition) is 3. The van der Waals surface area contributed by atoms with Gasteiger partial charge < -0.3 is 15.0 Å². The Morgan fingerprint density at radius 2 is 1.68 bits per heavy atom. The zero-order chi connectivity index (χ0) is 17.6. The summed E-state index contributed by atoms with van der Waals surface area (Å²) in [7, 11) is 0. The fraction of sp³-hybridized carbons (Fsp3) is 0.381. The lowest BCUT2D eigenvalue weighted by atomic mass is 10.1. The summed E-state index contributed by atoms with van der Waals surface area (Å²) in [6.45, 7) is 6.15. The van der Waals surface area contributed by atoms with Crippen LogP contribution >= 0.6 is 0 Å². The maximum Gasteiger partial charge on any atom is 0.255 e. The first-order chi connectivity index (χ1) is 12.1. The van der Waals surface area contributed by atoms with Gasteiger partial charge in [-0.3, -0.25) is 4.79 Å². The largest absolute Gasteiger partial charge is 0.489 e. The number of anilines is 2. The molecule has 25 heavy (non-hydrogen) atoms. The van der Waals surface area contributed by atoms with Crippen molar-refractivity contribution in [3.05, 3.63) is 54.1 Å². The summed E-state index contributed by atoms with van der Waals surface area (Å²) >= 11 is 0. The lowest BCUT2D eigenvalue weighted by molar-refractivity contribution is 0.102. The van der Waals surface area contributed by atoms with Gasteiger partial charge in [0.15, 0.2) is 0 Å². The predicted molar refractivity (Wildman–Crippen MR) is 103 cm³/mol. The summed E-state index contributed by atoms with van der Waals surface area (Å²) in [4.78, 5) is 14.9. The average molecular weight is 338 g/mol. The molecule has 0 radical (unpaired) electrons. The maximum atomic E-state index is 12.6. The number of rotatable bonds is 5. The molecule has 2 aromatic rings. The van der Waals surface area contributed by atoms with Crippen LogP contribution in [0.5, 0.6) is 5.75 Å². The molecule has 2 aromatic carbocycles. The van der Waals surface area contributed by atoms with E-state index >= 15 is 0 Å². The Balaban J connectivity index is 1.69. The third-order valence-corrected chi connectivity index (χ3v) is 4.35. The Morgan fingerprint density at radius 3 is 2.36 bits per heavy atom. The highest BCUT2D eigenvalue weighted by atomic mass is 16.5. The minimum atomic E-state index is -0.120. The van der Waals surface area contributed by atoms with Gasteiger partial charge in [0.05, 0.1) is 11.8 Å². The highest BCUT2D eigenvalue weighted by Crippen LogP contribution is 2.26. The van der Waals surface area contributed by atoms with Crippen molar-refractivity contribution < 1.29 is 9.53 Å². The number of carbonyl (C=O) groups excluding carboxylic acids is 1. The van der Waals surface area contributed by atoms with Gasteiger partial charge in [0.2, 0.25) is 0 Å². The fourth-order valence-corrected chi connectivity index (χ4v) is 3.10. The van der Waals surface area contributed by atoms with Crippen molar-refractivity contribution in [2.45, 2.75) is 39.2 Å². The van der Waals surface area contributed by atoms with E-state index in [2.05, 4.69) is 10.2 Å². The zero-order valence-electron chi connectivity index (χ0n) is 15.0. The van der Waals surface area contributed by atoms with E-state index in [1.165, 1.54) is 24.9 Å². The van der Waals surface area contributed by atoms with E-state index in [1.54, 1.807) is 0 Å². The van der Waals surface area contributed by atoms with Gasteiger partial charge in [0.1, 0.15) is 5.75 Å². The first-order valence-corrected chi connectivity index (χ1v) is 9.05. The van der Waals surface area contributed by atoms with Crippen LogP contribution in [0.2, 0.25) is 0 Å². The van der Waals surface area contributed by atoms with Crippen molar-refractivity contribution in [2.75, 3.05) is 23.3 Å². The van der Waals surface area contributed by atoms with Gasteiger partial charge in [-0.25, -0.2) is 0 Å². The van der Waals surface area contributed by atoms with Crippen molar-refractivity contribution >= 4 is 17.3 Å². The molecule has 1 amide bonds. The van der Waals surface area contributed by atoms with Crippen molar-refractivity contribution in [3.8, 4) is 5.75 Å². The molecule has 4 nitrogen and oxygen atoms in total. The molecule has 1 aliphatic rings. The monoisotopic (exact) mass is 338 g/mol. The van der Waals surface area contributed by atoms with Gasteiger partial charge in [-0.2, -0.15) is 0 Å². The number of nitrogens with one attached hydrogen (secondary N) is 1. The fourth-order valence-electron chi connectivity index (χ4n) is 3.10. The van der Waals surface area contributed by atoms with Crippen LogP contribution < -0.4 is 15.0 Å². The van der Waals surface area contributed by atoms with Crippen molar-refractivity contribution in [1.82, 2.24) is 0 Å². The molecule has 1 N–H and O–H groups in total. The topological polar surface area (TPSA) is 41.6 Å². The number of nitrogens with zero attached hydrogens (tertiary/aromatic N) is 1.